The van der Waals surface area contributed by atoms with Crippen LogP contribution in [0.4, 0.5) is 5.69 Å². The fraction of sp³-hybridized carbons (Fsp3) is 0.250. The van der Waals surface area contributed by atoms with Crippen LogP contribution in [0.15, 0.2) is 65.6 Å². The molecule has 0 aliphatic carbocycles. The number of rotatable bonds is 11. The lowest BCUT2D eigenvalue weighted by molar-refractivity contribution is -0.122. The van der Waals surface area contributed by atoms with E-state index in [1.807, 2.05) is 24.3 Å². The third-order valence-corrected chi connectivity index (χ3v) is 9.29. The molecular weight excluding hydrogens is 657 g/mol. The lowest BCUT2D eigenvalue weighted by Crippen LogP contribution is -2.38. The van der Waals surface area contributed by atoms with Crippen LogP contribution in [0, 0.1) is 0 Å². The van der Waals surface area contributed by atoms with Gasteiger partial charge in [0.25, 0.3) is 5.91 Å². The number of carboxylic acids is 1. The summed E-state index contributed by atoms with van der Waals surface area (Å²) in [5, 5.41) is 12.7. The second-order valence-electron chi connectivity index (χ2n) is 10.2. The molecule has 9 nitrogen and oxygen atoms in total. The molecule has 0 unspecified atom stereocenters. The standard InChI is InChI=1S/C32H29Cl2N3O6S2/c33-25-7-3-22(18-26(25)34)21-4-8-27(43-16-13-36-11-14-42-15-12-36)23(17-21)19-28-30(39)37(32(44)45-28)10-9-29(38)35-24-5-1-20(2-6-24)31(40)41/h1-8,17-19H,9-16H2,(H,35,38)(H,40,41). The van der Waals surface area contributed by atoms with E-state index in [1.54, 1.807) is 18.2 Å². The first kappa shape index (κ1) is 32.9. The normalized spacial score (nSPS) is 16.3. The molecule has 2 N–H and O–H groups in total. The van der Waals surface area contributed by atoms with Crippen LogP contribution < -0.4 is 10.1 Å². The van der Waals surface area contributed by atoms with Crippen molar-refractivity contribution in [2.75, 3.05) is 51.3 Å². The van der Waals surface area contributed by atoms with Gasteiger partial charge in [-0.1, -0.05) is 59.3 Å². The van der Waals surface area contributed by atoms with E-state index in [1.165, 1.54) is 29.2 Å². The highest BCUT2D eigenvalue weighted by atomic mass is 35.5. The molecule has 0 bridgehead atoms. The lowest BCUT2D eigenvalue weighted by Gasteiger charge is -2.26. The number of anilines is 1. The molecule has 13 heteroatoms. The molecule has 2 amide bonds. The minimum absolute atomic E-state index is 0.00309. The Bertz CT molecular complexity index is 1640. The summed E-state index contributed by atoms with van der Waals surface area (Å²) in [5.41, 5.74) is 2.99. The van der Waals surface area contributed by atoms with Gasteiger partial charge < -0.3 is 19.9 Å². The number of halogens is 2. The zero-order valence-corrected chi connectivity index (χ0v) is 27.1. The van der Waals surface area contributed by atoms with Crippen molar-refractivity contribution < 1.29 is 29.0 Å². The fourth-order valence-corrected chi connectivity index (χ4v) is 6.32. The largest absolute Gasteiger partial charge is 0.492 e. The Morgan fingerprint density at radius 1 is 1.00 bits per heavy atom. The number of carboxylic acid groups (broad SMARTS) is 1. The number of thiocarbonyl (C=S) groups is 1. The molecule has 2 heterocycles. The molecule has 3 aromatic carbocycles. The van der Waals surface area contributed by atoms with Gasteiger partial charge in [0.1, 0.15) is 16.7 Å². The predicted octanol–water partition coefficient (Wildman–Crippen LogP) is 6.30. The molecule has 2 saturated heterocycles. The van der Waals surface area contributed by atoms with Gasteiger partial charge in [-0.15, -0.1) is 0 Å². The highest BCUT2D eigenvalue weighted by molar-refractivity contribution is 8.26. The minimum atomic E-state index is -1.05. The molecule has 2 fully saturated rings. The lowest BCUT2D eigenvalue weighted by atomic mass is 10.0. The zero-order valence-electron chi connectivity index (χ0n) is 24.0. The van der Waals surface area contributed by atoms with Gasteiger partial charge >= 0.3 is 5.97 Å². The van der Waals surface area contributed by atoms with Crippen LogP contribution in [0.5, 0.6) is 5.75 Å². The van der Waals surface area contributed by atoms with Gasteiger partial charge in [-0.05, 0) is 65.7 Å². The number of hydrogen-bond acceptors (Lipinski definition) is 8. The number of amides is 2. The number of nitrogens with one attached hydrogen (secondary N) is 1. The summed E-state index contributed by atoms with van der Waals surface area (Å²) in [6, 6.07) is 17.0. The maximum Gasteiger partial charge on any atom is 0.335 e. The summed E-state index contributed by atoms with van der Waals surface area (Å²) in [5.74, 6) is -1.07. The molecule has 5 rings (SSSR count). The molecule has 0 radical (unpaired) electrons. The van der Waals surface area contributed by atoms with Crippen LogP contribution in [-0.4, -0.2) is 83.0 Å². The molecule has 0 saturated carbocycles. The average molecular weight is 687 g/mol. The maximum atomic E-state index is 13.4. The summed E-state index contributed by atoms with van der Waals surface area (Å²) >= 11 is 19.1. The zero-order chi connectivity index (χ0) is 31.9. The highest BCUT2D eigenvalue weighted by Gasteiger charge is 2.32. The number of aromatic carboxylic acids is 1. The summed E-state index contributed by atoms with van der Waals surface area (Å²) in [6.45, 7) is 4.40. The third-order valence-electron chi connectivity index (χ3n) is 7.17. The molecule has 45 heavy (non-hydrogen) atoms. The first-order valence-electron chi connectivity index (χ1n) is 14.1. The van der Waals surface area contributed by atoms with Crippen molar-refractivity contribution in [1.29, 1.82) is 0 Å². The van der Waals surface area contributed by atoms with Crippen LogP contribution in [-0.2, 0) is 14.3 Å². The SMILES string of the molecule is O=C(CCN1C(=O)C(=Cc2cc(-c3ccc(Cl)c(Cl)c3)ccc2OCCN2CCOCC2)SC1=S)Nc1ccc(C(=O)O)cc1. The number of hydrogen-bond donors (Lipinski definition) is 2. The van der Waals surface area contributed by atoms with E-state index in [0.29, 0.717) is 56.1 Å². The molecule has 3 aromatic rings. The second-order valence-corrected chi connectivity index (χ2v) is 12.7. The van der Waals surface area contributed by atoms with Gasteiger partial charge in [-0.25, -0.2) is 4.79 Å². The topological polar surface area (TPSA) is 108 Å². The smallest absolute Gasteiger partial charge is 0.335 e. The van der Waals surface area contributed by atoms with Crippen molar-refractivity contribution in [3.63, 3.8) is 0 Å². The van der Waals surface area contributed by atoms with E-state index in [0.717, 1.165) is 42.5 Å². The van der Waals surface area contributed by atoms with E-state index in [2.05, 4.69) is 10.2 Å². The molecule has 2 aliphatic rings. The molecule has 234 valence electrons. The minimum Gasteiger partial charge on any atom is -0.492 e. The second kappa shape index (κ2) is 15.2. The summed E-state index contributed by atoms with van der Waals surface area (Å²) in [4.78, 5) is 41.2. The Balaban J connectivity index is 1.30. The first-order chi connectivity index (χ1) is 21.7. The molecule has 2 aliphatic heterocycles. The van der Waals surface area contributed by atoms with Gasteiger partial charge in [-0.2, -0.15) is 0 Å². The van der Waals surface area contributed by atoms with E-state index in [-0.39, 0.29) is 30.3 Å². The summed E-state index contributed by atoms with van der Waals surface area (Å²) in [6.07, 6.45) is 1.76. The Hall–Kier alpha value is -3.45. The summed E-state index contributed by atoms with van der Waals surface area (Å²) < 4.78 is 12.0. The average Bonchev–Trinajstić information content (AvgIpc) is 3.30. The number of morpholine rings is 1. The quantitative estimate of drug-likeness (QED) is 0.178. The number of ether oxygens (including phenoxy) is 2. The van der Waals surface area contributed by atoms with E-state index in [4.69, 9.17) is 50.0 Å². The number of nitrogens with zero attached hydrogens (tertiary/aromatic N) is 2. The maximum absolute atomic E-state index is 13.4. The van der Waals surface area contributed by atoms with Crippen molar-refractivity contribution in [3.8, 4) is 16.9 Å². The predicted molar refractivity (Wildman–Crippen MR) is 181 cm³/mol. The molecule has 0 spiro atoms. The van der Waals surface area contributed by atoms with Crippen molar-refractivity contribution in [2.45, 2.75) is 6.42 Å². The van der Waals surface area contributed by atoms with Crippen LogP contribution in [0.1, 0.15) is 22.3 Å². The van der Waals surface area contributed by atoms with Crippen LogP contribution in [0.2, 0.25) is 10.0 Å². The number of carbonyl (C=O) groups excluding carboxylic acids is 2. The van der Waals surface area contributed by atoms with Gasteiger partial charge in [0.15, 0.2) is 0 Å². The van der Waals surface area contributed by atoms with Gasteiger partial charge in [-0.3, -0.25) is 19.4 Å². The molecule has 0 aromatic heterocycles. The Kier molecular flexibility index (Phi) is 11.1. The monoisotopic (exact) mass is 685 g/mol. The number of carbonyl (C=O) groups is 3. The van der Waals surface area contributed by atoms with E-state index >= 15 is 0 Å². The van der Waals surface area contributed by atoms with Gasteiger partial charge in [0, 0.05) is 43.9 Å². The highest BCUT2D eigenvalue weighted by Crippen LogP contribution is 2.37. The third kappa shape index (κ3) is 8.63. The van der Waals surface area contributed by atoms with Crippen LogP contribution in [0.3, 0.4) is 0 Å². The Morgan fingerprint density at radius 3 is 2.42 bits per heavy atom. The van der Waals surface area contributed by atoms with Gasteiger partial charge in [0.05, 0.1) is 33.7 Å². The molecular formula is C32H29Cl2N3O6S2. The number of thioether (sulfide) groups is 1. The van der Waals surface area contributed by atoms with Crippen molar-refractivity contribution >= 4 is 81.0 Å². The van der Waals surface area contributed by atoms with Crippen molar-refractivity contribution in [1.82, 2.24) is 9.80 Å². The van der Waals surface area contributed by atoms with Gasteiger partial charge in [0.2, 0.25) is 5.91 Å². The molecule has 0 atom stereocenters. The summed E-state index contributed by atoms with van der Waals surface area (Å²) in [7, 11) is 0. The van der Waals surface area contributed by atoms with Crippen molar-refractivity contribution in [3.05, 3.63) is 86.7 Å². The van der Waals surface area contributed by atoms with E-state index in [9.17, 15) is 14.4 Å². The Labute approximate surface area is 280 Å². The van der Waals surface area contributed by atoms with Crippen molar-refractivity contribution in [2.24, 2.45) is 0 Å². The van der Waals surface area contributed by atoms with Crippen LogP contribution in [0.25, 0.3) is 17.2 Å². The number of benzene rings is 3. The van der Waals surface area contributed by atoms with E-state index < -0.39 is 5.97 Å². The van der Waals surface area contributed by atoms with Crippen LogP contribution >= 0.6 is 47.2 Å². The Morgan fingerprint density at radius 2 is 1.71 bits per heavy atom. The fourth-order valence-electron chi connectivity index (χ4n) is 4.72. The first-order valence-corrected chi connectivity index (χ1v) is 16.1.